The zero-order valence-corrected chi connectivity index (χ0v) is 18.5. The highest BCUT2D eigenvalue weighted by molar-refractivity contribution is 5.77. The summed E-state index contributed by atoms with van der Waals surface area (Å²) in [6.45, 7) is 6.15. The zero-order valence-electron chi connectivity index (χ0n) is 18.5. The molecule has 0 bridgehead atoms. The number of nitrogens with one attached hydrogen (secondary N) is 1. The Morgan fingerprint density at radius 3 is 2.84 bits per heavy atom. The van der Waals surface area contributed by atoms with E-state index in [0.717, 1.165) is 53.6 Å². The molecule has 1 amide bonds. The van der Waals surface area contributed by atoms with Gasteiger partial charge in [0.1, 0.15) is 5.65 Å². The second-order valence-corrected chi connectivity index (χ2v) is 8.74. The normalized spacial score (nSPS) is 16.9. The van der Waals surface area contributed by atoms with E-state index in [2.05, 4.69) is 38.7 Å². The van der Waals surface area contributed by atoms with Crippen LogP contribution in [0.3, 0.4) is 0 Å². The number of benzene rings is 1. The number of likely N-dealkylation sites (tertiary alicyclic amines) is 1. The van der Waals surface area contributed by atoms with E-state index in [0.29, 0.717) is 13.0 Å². The zero-order chi connectivity index (χ0) is 21.9. The molecule has 7 nitrogen and oxygen atoms in total. The molecule has 0 radical (unpaired) electrons. The summed E-state index contributed by atoms with van der Waals surface area (Å²) in [4.78, 5) is 20.0. The van der Waals surface area contributed by atoms with Gasteiger partial charge >= 0.3 is 0 Å². The van der Waals surface area contributed by atoms with Gasteiger partial charge in [0.25, 0.3) is 0 Å². The SMILES string of the molecule is Cc1ccn2c(C(CC(=O)NCCN3CCCCC3)c3ccc4c(c3)OCO4)cnc2c1. The van der Waals surface area contributed by atoms with Crippen LogP contribution in [0.25, 0.3) is 5.65 Å². The molecular formula is C25H30N4O3. The molecule has 32 heavy (non-hydrogen) atoms. The molecule has 1 atom stereocenters. The lowest BCUT2D eigenvalue weighted by Crippen LogP contribution is -2.38. The third-order valence-corrected chi connectivity index (χ3v) is 6.44. The molecular weight excluding hydrogens is 404 g/mol. The molecule has 1 unspecified atom stereocenters. The summed E-state index contributed by atoms with van der Waals surface area (Å²) in [6, 6.07) is 10.0. The highest BCUT2D eigenvalue weighted by atomic mass is 16.7. The Labute approximate surface area is 188 Å². The molecule has 5 rings (SSSR count). The van der Waals surface area contributed by atoms with Crippen LogP contribution < -0.4 is 14.8 Å². The van der Waals surface area contributed by atoms with Gasteiger partial charge in [-0.3, -0.25) is 4.79 Å². The number of amides is 1. The maximum absolute atomic E-state index is 13.0. The summed E-state index contributed by atoms with van der Waals surface area (Å²) in [5.74, 6) is 1.37. The van der Waals surface area contributed by atoms with Gasteiger partial charge in [-0.1, -0.05) is 12.5 Å². The summed E-state index contributed by atoms with van der Waals surface area (Å²) in [5.41, 5.74) is 4.05. The van der Waals surface area contributed by atoms with Gasteiger partial charge in [-0.25, -0.2) is 4.98 Å². The summed E-state index contributed by atoms with van der Waals surface area (Å²) < 4.78 is 13.1. The molecule has 168 valence electrons. The third kappa shape index (κ3) is 4.43. The smallest absolute Gasteiger partial charge is 0.231 e. The van der Waals surface area contributed by atoms with E-state index < -0.39 is 0 Å². The minimum absolute atomic E-state index is 0.0479. The average molecular weight is 435 g/mol. The van der Waals surface area contributed by atoms with Crippen LogP contribution in [0, 0.1) is 6.92 Å². The molecule has 1 saturated heterocycles. The van der Waals surface area contributed by atoms with E-state index in [9.17, 15) is 4.79 Å². The Morgan fingerprint density at radius 2 is 1.97 bits per heavy atom. The van der Waals surface area contributed by atoms with E-state index in [1.165, 1.54) is 19.3 Å². The van der Waals surface area contributed by atoms with Crippen molar-refractivity contribution in [1.29, 1.82) is 0 Å². The molecule has 7 heteroatoms. The van der Waals surface area contributed by atoms with E-state index in [-0.39, 0.29) is 18.6 Å². The molecule has 2 aliphatic rings. The van der Waals surface area contributed by atoms with Crippen LogP contribution in [0.1, 0.15) is 48.4 Å². The summed E-state index contributed by atoms with van der Waals surface area (Å²) in [7, 11) is 0. The number of hydrogen-bond acceptors (Lipinski definition) is 5. The Morgan fingerprint density at radius 1 is 1.12 bits per heavy atom. The maximum atomic E-state index is 13.0. The molecule has 0 aliphatic carbocycles. The maximum Gasteiger partial charge on any atom is 0.231 e. The van der Waals surface area contributed by atoms with Crippen LogP contribution in [0.15, 0.2) is 42.7 Å². The van der Waals surface area contributed by atoms with Crippen molar-refractivity contribution in [3.8, 4) is 11.5 Å². The molecule has 0 saturated carbocycles. The molecule has 4 heterocycles. The first kappa shape index (κ1) is 20.8. The van der Waals surface area contributed by atoms with Crippen molar-refractivity contribution in [1.82, 2.24) is 19.6 Å². The molecule has 2 aromatic heterocycles. The van der Waals surface area contributed by atoms with Crippen molar-refractivity contribution in [2.45, 2.75) is 38.5 Å². The Balaban J connectivity index is 1.36. The van der Waals surface area contributed by atoms with Crippen molar-refractivity contribution in [2.75, 3.05) is 33.0 Å². The number of hydrogen-bond donors (Lipinski definition) is 1. The highest BCUT2D eigenvalue weighted by Gasteiger charge is 2.24. The van der Waals surface area contributed by atoms with Gasteiger partial charge in [0.05, 0.1) is 5.69 Å². The van der Waals surface area contributed by atoms with Crippen molar-refractivity contribution in [3.63, 3.8) is 0 Å². The number of aromatic nitrogens is 2. The standard InChI is InChI=1S/C25H30N4O3/c1-18-7-11-29-21(16-27-24(29)13-18)20(19-5-6-22-23(14-19)32-17-31-22)15-25(30)26-8-12-28-9-3-2-4-10-28/h5-7,11,13-14,16,20H,2-4,8-10,12,15,17H2,1H3,(H,26,30). The van der Waals surface area contributed by atoms with Gasteiger partial charge in [0, 0.05) is 37.8 Å². The van der Waals surface area contributed by atoms with E-state index >= 15 is 0 Å². The lowest BCUT2D eigenvalue weighted by Gasteiger charge is -2.26. The van der Waals surface area contributed by atoms with Crippen molar-refractivity contribution < 1.29 is 14.3 Å². The fraction of sp³-hybridized carbons (Fsp3) is 0.440. The highest BCUT2D eigenvalue weighted by Crippen LogP contribution is 2.37. The van der Waals surface area contributed by atoms with Gasteiger partial charge in [-0.05, 0) is 68.2 Å². The van der Waals surface area contributed by atoms with Crippen LogP contribution in [0.5, 0.6) is 11.5 Å². The summed E-state index contributed by atoms with van der Waals surface area (Å²) >= 11 is 0. The number of pyridine rings is 1. The number of nitrogens with zero attached hydrogens (tertiary/aromatic N) is 3. The number of fused-ring (bicyclic) bond motifs is 2. The number of carbonyl (C=O) groups excluding carboxylic acids is 1. The fourth-order valence-electron chi connectivity index (χ4n) is 4.68. The first-order valence-corrected chi connectivity index (χ1v) is 11.5. The van der Waals surface area contributed by atoms with Crippen LogP contribution in [-0.4, -0.2) is 53.2 Å². The second-order valence-electron chi connectivity index (χ2n) is 8.74. The Bertz CT molecular complexity index is 1100. The van der Waals surface area contributed by atoms with E-state index in [1.807, 2.05) is 30.6 Å². The molecule has 3 aromatic rings. The third-order valence-electron chi connectivity index (χ3n) is 6.44. The van der Waals surface area contributed by atoms with Crippen LogP contribution in [0.4, 0.5) is 0 Å². The van der Waals surface area contributed by atoms with Gasteiger partial charge in [0.15, 0.2) is 11.5 Å². The number of imidazole rings is 1. The number of ether oxygens (including phenoxy) is 2. The number of aryl methyl sites for hydroxylation is 1. The molecule has 1 aromatic carbocycles. The van der Waals surface area contributed by atoms with Crippen molar-refractivity contribution in [2.24, 2.45) is 0 Å². The lowest BCUT2D eigenvalue weighted by molar-refractivity contribution is -0.121. The Hall–Kier alpha value is -3.06. The quantitative estimate of drug-likeness (QED) is 0.617. The minimum Gasteiger partial charge on any atom is -0.454 e. The van der Waals surface area contributed by atoms with Gasteiger partial charge in [-0.15, -0.1) is 0 Å². The first-order valence-electron chi connectivity index (χ1n) is 11.5. The Kier molecular flexibility index (Phi) is 5.99. The molecule has 2 aliphatic heterocycles. The second kappa shape index (κ2) is 9.20. The van der Waals surface area contributed by atoms with Gasteiger partial charge in [0.2, 0.25) is 12.7 Å². The molecule has 0 spiro atoms. The van der Waals surface area contributed by atoms with Crippen LogP contribution in [0.2, 0.25) is 0 Å². The van der Waals surface area contributed by atoms with Gasteiger partial charge < -0.3 is 24.1 Å². The summed E-state index contributed by atoms with van der Waals surface area (Å²) in [6.07, 6.45) is 8.09. The largest absolute Gasteiger partial charge is 0.454 e. The first-order chi connectivity index (χ1) is 15.7. The number of rotatable bonds is 7. The average Bonchev–Trinajstić information content (AvgIpc) is 3.44. The monoisotopic (exact) mass is 434 g/mol. The predicted octanol–water partition coefficient (Wildman–Crippen LogP) is 3.50. The molecule has 1 fully saturated rings. The topological polar surface area (TPSA) is 68.1 Å². The predicted molar refractivity (Wildman–Crippen MR) is 122 cm³/mol. The van der Waals surface area contributed by atoms with Crippen LogP contribution >= 0.6 is 0 Å². The van der Waals surface area contributed by atoms with Crippen molar-refractivity contribution >= 4 is 11.6 Å². The number of carbonyl (C=O) groups is 1. The van der Waals surface area contributed by atoms with E-state index in [1.54, 1.807) is 0 Å². The van der Waals surface area contributed by atoms with Crippen LogP contribution in [-0.2, 0) is 4.79 Å². The lowest BCUT2D eigenvalue weighted by atomic mass is 9.92. The fourth-order valence-corrected chi connectivity index (χ4v) is 4.68. The summed E-state index contributed by atoms with van der Waals surface area (Å²) in [5, 5.41) is 3.14. The number of piperidine rings is 1. The van der Waals surface area contributed by atoms with Crippen molar-refractivity contribution in [3.05, 3.63) is 59.5 Å². The van der Waals surface area contributed by atoms with E-state index in [4.69, 9.17) is 9.47 Å². The molecule has 1 N–H and O–H groups in total. The minimum atomic E-state index is -0.141. The van der Waals surface area contributed by atoms with Gasteiger partial charge in [-0.2, -0.15) is 0 Å².